The van der Waals surface area contributed by atoms with E-state index in [0.717, 1.165) is 0 Å². The summed E-state index contributed by atoms with van der Waals surface area (Å²) >= 11 is 0. The Morgan fingerprint density at radius 2 is 1.54 bits per heavy atom. The number of carbonyl (C=O) groups excluding carboxylic acids is 1. The molecule has 0 atom stereocenters. The molecule has 1 amide bonds. The molecule has 1 aliphatic carbocycles. The summed E-state index contributed by atoms with van der Waals surface area (Å²) in [6, 6.07) is 23.5. The molecule has 1 aliphatic rings. The highest BCUT2D eigenvalue weighted by molar-refractivity contribution is 5.85. The fourth-order valence-electron chi connectivity index (χ4n) is 3.51. The minimum atomic E-state index is -0.487. The summed E-state index contributed by atoms with van der Waals surface area (Å²) in [5.74, 6) is 3.10. The van der Waals surface area contributed by atoms with Gasteiger partial charge in [0.15, 0.2) is 0 Å². The van der Waals surface area contributed by atoms with Crippen LogP contribution in [0.2, 0.25) is 0 Å². The van der Waals surface area contributed by atoms with E-state index in [4.69, 9.17) is 15.9 Å². The number of fused-ring (bicyclic) bond motifs is 3. The molecule has 0 fully saturated rings. The summed E-state index contributed by atoms with van der Waals surface area (Å²) in [6.45, 7) is 0.488. The van der Waals surface area contributed by atoms with Crippen molar-refractivity contribution in [2.45, 2.75) is 5.92 Å². The van der Waals surface area contributed by atoms with Crippen LogP contribution in [0.15, 0.2) is 72.8 Å². The van der Waals surface area contributed by atoms with Gasteiger partial charge in [0, 0.05) is 11.6 Å². The molecular weight excluding hydrogens is 350 g/mol. The van der Waals surface area contributed by atoms with E-state index in [1.165, 1.54) is 22.3 Å². The van der Waals surface area contributed by atoms with E-state index in [-0.39, 0.29) is 19.1 Å². The van der Waals surface area contributed by atoms with Crippen LogP contribution >= 0.6 is 0 Å². The number of benzene rings is 3. The number of anilines is 1. The smallest absolute Gasteiger partial charge is 0.411 e. The molecule has 4 nitrogen and oxygen atoms in total. The lowest BCUT2D eigenvalue weighted by Gasteiger charge is -2.14. The van der Waals surface area contributed by atoms with Crippen LogP contribution in [0.4, 0.5) is 10.5 Å². The molecule has 0 saturated heterocycles. The first kappa shape index (κ1) is 17.7. The van der Waals surface area contributed by atoms with Gasteiger partial charge in [-0.15, -0.1) is 6.42 Å². The zero-order chi connectivity index (χ0) is 19.3. The molecule has 4 heteroatoms. The minimum Gasteiger partial charge on any atom is -0.481 e. The van der Waals surface area contributed by atoms with Crippen LogP contribution < -0.4 is 10.1 Å². The Morgan fingerprint density at radius 1 is 0.929 bits per heavy atom. The minimum absolute atomic E-state index is 0.0395. The van der Waals surface area contributed by atoms with Crippen LogP contribution in [0.5, 0.6) is 5.75 Å². The first-order valence-electron chi connectivity index (χ1n) is 9.04. The van der Waals surface area contributed by atoms with Crippen LogP contribution in [-0.2, 0) is 4.74 Å². The summed E-state index contributed by atoms with van der Waals surface area (Å²) in [4.78, 5) is 12.3. The van der Waals surface area contributed by atoms with Gasteiger partial charge in [-0.05, 0) is 46.5 Å². The second-order valence-corrected chi connectivity index (χ2v) is 6.47. The van der Waals surface area contributed by atoms with Gasteiger partial charge in [0.05, 0.1) is 0 Å². The molecular formula is C24H19NO3. The van der Waals surface area contributed by atoms with Gasteiger partial charge < -0.3 is 9.47 Å². The number of terminal acetylenes is 1. The van der Waals surface area contributed by atoms with Gasteiger partial charge in [0.25, 0.3) is 0 Å². The number of hydrogen-bond acceptors (Lipinski definition) is 3. The van der Waals surface area contributed by atoms with Crippen molar-refractivity contribution >= 4 is 11.8 Å². The van der Waals surface area contributed by atoms with Crippen molar-refractivity contribution in [3.05, 3.63) is 83.9 Å². The van der Waals surface area contributed by atoms with E-state index in [1.54, 1.807) is 24.3 Å². The predicted octanol–water partition coefficient (Wildman–Crippen LogP) is 5.06. The largest absolute Gasteiger partial charge is 0.481 e. The molecule has 0 heterocycles. The molecule has 1 N–H and O–H groups in total. The van der Waals surface area contributed by atoms with Crippen molar-refractivity contribution in [1.29, 1.82) is 0 Å². The SMILES string of the molecule is C#CCOc1ccc(NC(=O)OCC2c3ccccc3-c3ccccc32)cc1. The first-order valence-corrected chi connectivity index (χ1v) is 9.04. The molecule has 0 spiro atoms. The standard InChI is InChI=1S/C24H19NO3/c1-2-15-27-18-13-11-17(12-14-18)25-24(26)28-16-23-21-9-5-3-7-19(21)20-8-4-6-10-22(20)23/h1,3-14,23H,15-16H2,(H,25,26). The van der Waals surface area contributed by atoms with Gasteiger partial charge >= 0.3 is 6.09 Å². The monoisotopic (exact) mass is 369 g/mol. The van der Waals surface area contributed by atoms with Crippen molar-refractivity contribution in [3.63, 3.8) is 0 Å². The summed E-state index contributed by atoms with van der Waals surface area (Å²) < 4.78 is 10.8. The lowest BCUT2D eigenvalue weighted by molar-refractivity contribution is 0.158. The topological polar surface area (TPSA) is 47.6 Å². The number of nitrogens with one attached hydrogen (secondary N) is 1. The van der Waals surface area contributed by atoms with Gasteiger partial charge in [0.1, 0.15) is 19.0 Å². The molecule has 0 bridgehead atoms. The van der Waals surface area contributed by atoms with Gasteiger partial charge in [-0.3, -0.25) is 5.32 Å². The Hall–Kier alpha value is -3.71. The van der Waals surface area contributed by atoms with Gasteiger partial charge in [-0.25, -0.2) is 4.79 Å². The number of rotatable bonds is 5. The van der Waals surface area contributed by atoms with Crippen LogP contribution in [0.1, 0.15) is 17.0 Å². The van der Waals surface area contributed by atoms with E-state index < -0.39 is 6.09 Å². The van der Waals surface area contributed by atoms with Crippen LogP contribution in [0.25, 0.3) is 11.1 Å². The van der Waals surface area contributed by atoms with Crippen molar-refractivity contribution in [3.8, 4) is 29.2 Å². The van der Waals surface area contributed by atoms with E-state index in [9.17, 15) is 4.79 Å². The zero-order valence-corrected chi connectivity index (χ0v) is 15.2. The van der Waals surface area contributed by atoms with Crippen molar-refractivity contribution < 1.29 is 14.3 Å². The maximum atomic E-state index is 12.3. The molecule has 28 heavy (non-hydrogen) atoms. The average molecular weight is 369 g/mol. The van der Waals surface area contributed by atoms with E-state index in [1.807, 2.05) is 24.3 Å². The highest BCUT2D eigenvalue weighted by Crippen LogP contribution is 2.44. The molecule has 138 valence electrons. The molecule has 4 rings (SSSR count). The Morgan fingerprint density at radius 3 is 2.14 bits per heavy atom. The molecule has 3 aromatic carbocycles. The van der Waals surface area contributed by atoms with Crippen LogP contribution in [-0.4, -0.2) is 19.3 Å². The Balaban J connectivity index is 1.41. The maximum Gasteiger partial charge on any atom is 0.411 e. The summed E-state index contributed by atoms with van der Waals surface area (Å²) in [5, 5.41) is 2.74. The third-order valence-corrected chi connectivity index (χ3v) is 4.77. The third-order valence-electron chi connectivity index (χ3n) is 4.77. The van der Waals surface area contributed by atoms with Gasteiger partial charge in [-0.2, -0.15) is 0 Å². The van der Waals surface area contributed by atoms with Crippen LogP contribution in [0, 0.1) is 12.3 Å². The summed E-state index contributed by atoms with van der Waals surface area (Å²) in [5.41, 5.74) is 5.41. The third kappa shape index (κ3) is 3.56. The molecule has 0 unspecified atom stereocenters. The maximum absolute atomic E-state index is 12.3. The highest BCUT2D eigenvalue weighted by atomic mass is 16.5. The fourth-order valence-corrected chi connectivity index (χ4v) is 3.51. The zero-order valence-electron chi connectivity index (χ0n) is 15.2. The number of hydrogen-bond donors (Lipinski definition) is 1. The number of carbonyl (C=O) groups is 1. The fraction of sp³-hybridized carbons (Fsp3) is 0.125. The van der Waals surface area contributed by atoms with Crippen LogP contribution in [0.3, 0.4) is 0 Å². The highest BCUT2D eigenvalue weighted by Gasteiger charge is 2.28. The van der Waals surface area contributed by atoms with Crippen molar-refractivity contribution in [1.82, 2.24) is 0 Å². The quantitative estimate of drug-likeness (QED) is 0.640. The summed E-state index contributed by atoms with van der Waals surface area (Å²) in [6.07, 6.45) is 4.68. The Bertz CT molecular complexity index is 989. The normalized spacial score (nSPS) is 11.8. The van der Waals surface area contributed by atoms with E-state index >= 15 is 0 Å². The number of ether oxygens (including phenoxy) is 2. The Kier molecular flexibility index (Phi) is 4.99. The van der Waals surface area contributed by atoms with Gasteiger partial charge in [0.2, 0.25) is 0 Å². The van der Waals surface area contributed by atoms with E-state index in [0.29, 0.717) is 11.4 Å². The number of amides is 1. The Labute approximate surface area is 164 Å². The predicted molar refractivity (Wildman–Crippen MR) is 109 cm³/mol. The van der Waals surface area contributed by atoms with Gasteiger partial charge in [-0.1, -0.05) is 54.5 Å². The lowest BCUT2D eigenvalue weighted by atomic mass is 9.98. The molecule has 0 aromatic heterocycles. The molecule has 3 aromatic rings. The molecule has 0 saturated carbocycles. The average Bonchev–Trinajstić information content (AvgIpc) is 3.06. The first-order chi connectivity index (χ1) is 13.8. The molecule has 0 radical (unpaired) electrons. The lowest BCUT2D eigenvalue weighted by Crippen LogP contribution is -2.17. The molecule has 0 aliphatic heterocycles. The van der Waals surface area contributed by atoms with Crippen molar-refractivity contribution in [2.24, 2.45) is 0 Å². The second kappa shape index (κ2) is 7.89. The van der Waals surface area contributed by atoms with E-state index in [2.05, 4.69) is 35.5 Å². The van der Waals surface area contributed by atoms with Crippen molar-refractivity contribution in [2.75, 3.05) is 18.5 Å². The second-order valence-electron chi connectivity index (χ2n) is 6.47. The summed E-state index contributed by atoms with van der Waals surface area (Å²) in [7, 11) is 0.